The number of carbonyl (C=O) groups excluding carboxylic acids is 1. The normalized spacial score (nSPS) is 16.8. The third-order valence-corrected chi connectivity index (χ3v) is 4.15. The Kier molecular flexibility index (Phi) is 5.05. The van der Waals surface area contributed by atoms with Crippen LogP contribution in [0, 0.1) is 10.1 Å². The predicted octanol–water partition coefficient (Wildman–Crippen LogP) is 2.44. The van der Waals surface area contributed by atoms with Crippen LogP contribution in [0.3, 0.4) is 0 Å². The summed E-state index contributed by atoms with van der Waals surface area (Å²) in [7, 11) is 1.55. The Hall–Kier alpha value is -1.77. The molecule has 2 rings (SSSR count). The highest BCUT2D eigenvalue weighted by Crippen LogP contribution is 2.32. The van der Waals surface area contributed by atoms with Crippen LogP contribution in [0.4, 0.5) is 5.69 Å². The lowest BCUT2D eigenvalue weighted by atomic mass is 10.2. The van der Waals surface area contributed by atoms with Gasteiger partial charge in [0.2, 0.25) is 0 Å². The number of non-ortho nitro benzene ring substituents is 1. The van der Waals surface area contributed by atoms with E-state index in [1.54, 1.807) is 25.3 Å². The van der Waals surface area contributed by atoms with Crippen molar-refractivity contribution in [3.05, 3.63) is 44.8 Å². The zero-order chi connectivity index (χ0) is 15.4. The lowest BCUT2D eigenvalue weighted by Gasteiger charge is -2.12. The summed E-state index contributed by atoms with van der Waals surface area (Å²) in [6.07, 6.45) is 1.61. The van der Waals surface area contributed by atoms with Crippen LogP contribution in [0.1, 0.15) is 5.56 Å². The Morgan fingerprint density at radius 3 is 2.95 bits per heavy atom. The van der Waals surface area contributed by atoms with Gasteiger partial charge in [0.05, 0.1) is 23.0 Å². The van der Waals surface area contributed by atoms with Gasteiger partial charge in [0.15, 0.2) is 0 Å². The van der Waals surface area contributed by atoms with Crippen LogP contribution in [0.25, 0.3) is 6.08 Å². The number of hydrogen-bond donors (Lipinski definition) is 0. The maximum absolute atomic E-state index is 12.2. The van der Waals surface area contributed by atoms with E-state index in [4.69, 9.17) is 17.0 Å². The standard InChI is InChI=1S/C13H12N2O4S2/c1-19-6-5-14-12(16)11(21-13(14)20)8-9-3-2-4-10(7-9)15(17)18/h2-4,7-8H,5-6H2,1H3. The Labute approximate surface area is 130 Å². The Morgan fingerprint density at radius 2 is 2.29 bits per heavy atom. The molecule has 1 amide bonds. The largest absolute Gasteiger partial charge is 0.383 e. The first kappa shape index (κ1) is 15.6. The number of hydrogen-bond acceptors (Lipinski definition) is 6. The molecule has 0 unspecified atom stereocenters. The number of amides is 1. The molecule has 1 aliphatic heterocycles. The quantitative estimate of drug-likeness (QED) is 0.358. The first-order valence-corrected chi connectivity index (χ1v) is 7.24. The number of nitro groups is 1. The van der Waals surface area contributed by atoms with Crippen LogP contribution in [0.2, 0.25) is 0 Å². The highest BCUT2D eigenvalue weighted by molar-refractivity contribution is 8.26. The van der Waals surface area contributed by atoms with E-state index in [1.807, 2.05) is 0 Å². The highest BCUT2D eigenvalue weighted by Gasteiger charge is 2.31. The fourth-order valence-electron chi connectivity index (χ4n) is 1.75. The fourth-order valence-corrected chi connectivity index (χ4v) is 3.06. The van der Waals surface area contributed by atoms with Gasteiger partial charge in [-0.15, -0.1) is 0 Å². The summed E-state index contributed by atoms with van der Waals surface area (Å²) in [5, 5.41) is 10.7. The summed E-state index contributed by atoms with van der Waals surface area (Å²) in [5.41, 5.74) is 0.579. The third-order valence-electron chi connectivity index (χ3n) is 2.77. The molecule has 1 saturated heterocycles. The molecule has 0 aromatic heterocycles. The molecule has 110 valence electrons. The minimum Gasteiger partial charge on any atom is -0.383 e. The first-order valence-electron chi connectivity index (χ1n) is 6.01. The molecule has 0 N–H and O–H groups in total. The second-order valence-electron chi connectivity index (χ2n) is 4.18. The lowest BCUT2D eigenvalue weighted by Crippen LogP contribution is -2.31. The van der Waals surface area contributed by atoms with Crippen molar-refractivity contribution in [3.8, 4) is 0 Å². The molecule has 0 radical (unpaired) electrons. The molecule has 0 atom stereocenters. The van der Waals surface area contributed by atoms with Gasteiger partial charge in [-0.3, -0.25) is 19.8 Å². The summed E-state index contributed by atoms with van der Waals surface area (Å²) in [4.78, 5) is 24.4. The SMILES string of the molecule is COCCN1C(=O)C(=Cc2cccc([N+](=O)[O-])c2)SC1=S. The van der Waals surface area contributed by atoms with Gasteiger partial charge in [0.1, 0.15) is 4.32 Å². The van der Waals surface area contributed by atoms with E-state index in [9.17, 15) is 14.9 Å². The van der Waals surface area contributed by atoms with Crippen molar-refractivity contribution >= 4 is 46.0 Å². The van der Waals surface area contributed by atoms with Crippen LogP contribution in [0.15, 0.2) is 29.2 Å². The fraction of sp³-hybridized carbons (Fsp3) is 0.231. The molecule has 1 fully saturated rings. The molecule has 1 aliphatic rings. The molecule has 0 aliphatic carbocycles. The number of nitrogens with zero attached hydrogens (tertiary/aromatic N) is 2. The van der Waals surface area contributed by atoms with Crippen molar-refractivity contribution < 1.29 is 14.5 Å². The summed E-state index contributed by atoms with van der Waals surface area (Å²) >= 11 is 6.34. The summed E-state index contributed by atoms with van der Waals surface area (Å²) in [6, 6.07) is 6.10. The van der Waals surface area contributed by atoms with Gasteiger partial charge < -0.3 is 4.74 Å². The van der Waals surface area contributed by atoms with Crippen LogP contribution in [-0.4, -0.2) is 40.3 Å². The number of ether oxygens (including phenoxy) is 1. The molecule has 6 nitrogen and oxygen atoms in total. The number of methoxy groups -OCH3 is 1. The van der Waals surface area contributed by atoms with Gasteiger partial charge in [-0.05, 0) is 11.6 Å². The van der Waals surface area contributed by atoms with Crippen LogP contribution < -0.4 is 0 Å². The van der Waals surface area contributed by atoms with Crippen molar-refractivity contribution in [2.45, 2.75) is 0 Å². The van der Waals surface area contributed by atoms with Crippen molar-refractivity contribution in [1.29, 1.82) is 0 Å². The number of benzene rings is 1. The molecule has 21 heavy (non-hydrogen) atoms. The molecular formula is C13H12N2O4S2. The van der Waals surface area contributed by atoms with Crippen LogP contribution in [-0.2, 0) is 9.53 Å². The second kappa shape index (κ2) is 6.79. The van der Waals surface area contributed by atoms with E-state index in [2.05, 4.69) is 0 Å². The topological polar surface area (TPSA) is 72.7 Å². The predicted molar refractivity (Wildman–Crippen MR) is 84.9 cm³/mol. The Morgan fingerprint density at radius 1 is 1.52 bits per heavy atom. The number of carbonyl (C=O) groups is 1. The van der Waals surface area contributed by atoms with E-state index in [1.165, 1.54) is 28.8 Å². The van der Waals surface area contributed by atoms with Gasteiger partial charge in [0, 0.05) is 19.2 Å². The zero-order valence-corrected chi connectivity index (χ0v) is 12.8. The zero-order valence-electron chi connectivity index (χ0n) is 11.1. The molecular weight excluding hydrogens is 312 g/mol. The van der Waals surface area contributed by atoms with Gasteiger partial charge >= 0.3 is 0 Å². The second-order valence-corrected chi connectivity index (χ2v) is 5.85. The van der Waals surface area contributed by atoms with Crippen molar-refractivity contribution in [1.82, 2.24) is 4.90 Å². The maximum atomic E-state index is 12.2. The minimum atomic E-state index is -0.471. The molecule has 0 saturated carbocycles. The average molecular weight is 324 g/mol. The molecule has 0 spiro atoms. The first-order chi connectivity index (χ1) is 10.0. The van der Waals surface area contributed by atoms with E-state index in [-0.39, 0.29) is 11.6 Å². The van der Waals surface area contributed by atoms with Gasteiger partial charge in [-0.1, -0.05) is 36.1 Å². The van der Waals surface area contributed by atoms with E-state index in [0.29, 0.717) is 27.9 Å². The molecule has 0 bridgehead atoms. The summed E-state index contributed by atoms with van der Waals surface area (Å²) in [6.45, 7) is 0.796. The monoisotopic (exact) mass is 324 g/mol. The summed E-state index contributed by atoms with van der Waals surface area (Å²) < 4.78 is 5.41. The number of thioether (sulfide) groups is 1. The number of rotatable bonds is 5. The van der Waals surface area contributed by atoms with Crippen LogP contribution >= 0.6 is 24.0 Å². The smallest absolute Gasteiger partial charge is 0.270 e. The molecule has 1 heterocycles. The van der Waals surface area contributed by atoms with E-state index >= 15 is 0 Å². The third kappa shape index (κ3) is 3.66. The van der Waals surface area contributed by atoms with E-state index < -0.39 is 4.92 Å². The average Bonchev–Trinajstić information content (AvgIpc) is 2.72. The minimum absolute atomic E-state index is 0.0152. The number of thiocarbonyl (C=S) groups is 1. The summed E-state index contributed by atoms with van der Waals surface area (Å²) in [5.74, 6) is -0.200. The van der Waals surface area contributed by atoms with Crippen molar-refractivity contribution in [2.24, 2.45) is 0 Å². The molecule has 1 aromatic rings. The highest BCUT2D eigenvalue weighted by atomic mass is 32.2. The number of nitro benzene ring substituents is 1. The molecule has 1 aromatic carbocycles. The van der Waals surface area contributed by atoms with Gasteiger partial charge in [-0.2, -0.15) is 0 Å². The van der Waals surface area contributed by atoms with Crippen molar-refractivity contribution in [3.63, 3.8) is 0 Å². The maximum Gasteiger partial charge on any atom is 0.270 e. The van der Waals surface area contributed by atoms with Crippen molar-refractivity contribution in [2.75, 3.05) is 20.3 Å². The van der Waals surface area contributed by atoms with Gasteiger partial charge in [0.25, 0.3) is 11.6 Å². The Balaban J connectivity index is 2.22. The van der Waals surface area contributed by atoms with Gasteiger partial charge in [-0.25, -0.2) is 0 Å². The lowest BCUT2D eigenvalue weighted by molar-refractivity contribution is -0.384. The van der Waals surface area contributed by atoms with Crippen LogP contribution in [0.5, 0.6) is 0 Å². The van der Waals surface area contributed by atoms with E-state index in [0.717, 1.165) is 0 Å². The molecule has 8 heteroatoms. The Bertz CT molecular complexity index is 630.